The Balaban J connectivity index is 2.04. The van der Waals surface area contributed by atoms with Crippen molar-refractivity contribution in [2.45, 2.75) is 6.54 Å². The number of aromatic nitrogens is 2. The number of carbonyl (C=O) groups is 1. The Morgan fingerprint density at radius 3 is 2.68 bits per heavy atom. The Kier molecular flexibility index (Phi) is 3.70. The Bertz CT molecular complexity index is 1110. The second kappa shape index (κ2) is 6.03. The molecule has 1 aromatic carbocycles. The van der Waals surface area contributed by atoms with Gasteiger partial charge in [0.25, 0.3) is 5.56 Å². The summed E-state index contributed by atoms with van der Waals surface area (Å²) in [5.74, 6) is -0.206. The number of aliphatic carboxylic acids is 1. The van der Waals surface area contributed by atoms with Crippen LogP contribution < -0.4 is 5.56 Å². The van der Waals surface area contributed by atoms with E-state index in [0.717, 1.165) is 0 Å². The summed E-state index contributed by atoms with van der Waals surface area (Å²) in [5, 5.41) is 11.4. The van der Waals surface area contributed by atoms with Crippen molar-refractivity contribution in [3.8, 4) is 22.7 Å². The van der Waals surface area contributed by atoms with Crippen LogP contribution in [0.3, 0.4) is 0 Å². The fourth-order valence-electron chi connectivity index (χ4n) is 2.73. The molecule has 0 aliphatic rings. The van der Waals surface area contributed by atoms with Crippen LogP contribution >= 0.6 is 11.3 Å². The topological polar surface area (TPSA) is 85.3 Å². The van der Waals surface area contributed by atoms with Crippen LogP contribution in [-0.2, 0) is 11.3 Å². The molecule has 0 unspecified atom stereocenters. The van der Waals surface area contributed by atoms with Gasteiger partial charge in [0.2, 0.25) is 0 Å². The van der Waals surface area contributed by atoms with Gasteiger partial charge in [0.15, 0.2) is 0 Å². The fourth-order valence-corrected chi connectivity index (χ4v) is 3.64. The highest BCUT2D eigenvalue weighted by atomic mass is 32.1. The summed E-state index contributed by atoms with van der Waals surface area (Å²) < 4.78 is 6.58. The average molecular weight is 352 g/mol. The molecular weight excluding hydrogens is 340 g/mol. The lowest BCUT2D eigenvalue weighted by Crippen LogP contribution is -2.26. The van der Waals surface area contributed by atoms with Crippen LogP contribution in [0.4, 0.5) is 0 Å². The molecule has 4 aromatic rings. The van der Waals surface area contributed by atoms with Gasteiger partial charge in [-0.15, -0.1) is 11.3 Å². The predicted octanol–water partition coefficient (Wildman–Crippen LogP) is 3.47. The molecule has 0 saturated carbocycles. The maximum atomic E-state index is 13.1. The third-order valence-electron chi connectivity index (χ3n) is 3.81. The minimum Gasteiger partial charge on any atom is -0.480 e. The molecule has 4 rings (SSSR count). The molecule has 0 atom stereocenters. The van der Waals surface area contributed by atoms with Crippen molar-refractivity contribution in [2.24, 2.45) is 0 Å². The van der Waals surface area contributed by atoms with Crippen LogP contribution in [0.1, 0.15) is 0 Å². The molecule has 0 bridgehead atoms. The second-order valence-corrected chi connectivity index (χ2v) is 6.25. The number of fused-ring (bicyclic) bond motifs is 1. The number of nitrogens with zero attached hydrogens (tertiary/aromatic N) is 2. The third-order valence-corrected chi connectivity index (χ3v) is 4.68. The van der Waals surface area contributed by atoms with Crippen LogP contribution in [0, 0.1) is 0 Å². The van der Waals surface area contributed by atoms with Crippen LogP contribution in [0.5, 0.6) is 0 Å². The highest BCUT2D eigenvalue weighted by Gasteiger charge is 2.20. The van der Waals surface area contributed by atoms with Crippen molar-refractivity contribution in [3.63, 3.8) is 0 Å². The highest BCUT2D eigenvalue weighted by molar-refractivity contribution is 7.17. The van der Waals surface area contributed by atoms with E-state index < -0.39 is 12.5 Å². The van der Waals surface area contributed by atoms with Crippen molar-refractivity contribution in [3.05, 3.63) is 64.5 Å². The summed E-state index contributed by atoms with van der Waals surface area (Å²) in [5.41, 5.74) is 0.927. The van der Waals surface area contributed by atoms with Gasteiger partial charge >= 0.3 is 5.97 Å². The normalized spacial score (nSPS) is 11.0. The Labute approximate surface area is 145 Å². The molecule has 124 valence electrons. The highest BCUT2D eigenvalue weighted by Crippen LogP contribution is 2.32. The zero-order valence-electron chi connectivity index (χ0n) is 12.9. The summed E-state index contributed by atoms with van der Waals surface area (Å²) in [6.07, 6.45) is 1.53. The molecule has 1 N–H and O–H groups in total. The summed E-state index contributed by atoms with van der Waals surface area (Å²) >= 11 is 1.33. The monoisotopic (exact) mass is 352 g/mol. The second-order valence-electron chi connectivity index (χ2n) is 5.39. The molecule has 0 saturated heterocycles. The molecule has 7 heteroatoms. The number of hydrogen-bond acceptors (Lipinski definition) is 5. The van der Waals surface area contributed by atoms with E-state index in [0.29, 0.717) is 32.9 Å². The van der Waals surface area contributed by atoms with Crippen molar-refractivity contribution in [1.29, 1.82) is 0 Å². The van der Waals surface area contributed by atoms with E-state index in [9.17, 15) is 14.7 Å². The van der Waals surface area contributed by atoms with Crippen molar-refractivity contribution >= 4 is 27.5 Å². The summed E-state index contributed by atoms with van der Waals surface area (Å²) in [4.78, 5) is 29.5. The van der Waals surface area contributed by atoms with E-state index in [-0.39, 0.29) is 5.56 Å². The Hall–Kier alpha value is -3.19. The zero-order valence-corrected chi connectivity index (χ0v) is 13.7. The predicted molar refractivity (Wildman–Crippen MR) is 94.7 cm³/mol. The summed E-state index contributed by atoms with van der Waals surface area (Å²) in [7, 11) is 0. The molecule has 0 spiro atoms. The maximum Gasteiger partial charge on any atom is 0.323 e. The smallest absolute Gasteiger partial charge is 0.323 e. The largest absolute Gasteiger partial charge is 0.480 e. The van der Waals surface area contributed by atoms with Crippen molar-refractivity contribution in [1.82, 2.24) is 9.55 Å². The van der Waals surface area contributed by atoms with Gasteiger partial charge in [0.1, 0.15) is 23.0 Å². The first-order valence-corrected chi connectivity index (χ1v) is 8.36. The van der Waals surface area contributed by atoms with E-state index in [2.05, 4.69) is 4.98 Å². The van der Waals surface area contributed by atoms with Gasteiger partial charge in [-0.25, -0.2) is 4.98 Å². The molecule has 0 amide bonds. The Morgan fingerprint density at radius 2 is 2.00 bits per heavy atom. The van der Waals surface area contributed by atoms with Gasteiger partial charge in [0, 0.05) is 16.5 Å². The summed E-state index contributed by atoms with van der Waals surface area (Å²) in [6.45, 7) is -0.459. The maximum absolute atomic E-state index is 13.1. The van der Waals surface area contributed by atoms with Crippen LogP contribution in [0.2, 0.25) is 0 Å². The molecule has 0 aliphatic carbocycles. The number of carboxylic acid groups (broad SMARTS) is 1. The molecule has 0 fully saturated rings. The van der Waals surface area contributed by atoms with E-state index in [4.69, 9.17) is 4.42 Å². The van der Waals surface area contributed by atoms with Crippen molar-refractivity contribution in [2.75, 3.05) is 0 Å². The van der Waals surface area contributed by atoms with Crippen LogP contribution in [-0.4, -0.2) is 20.6 Å². The van der Waals surface area contributed by atoms with Gasteiger partial charge in [-0.1, -0.05) is 30.3 Å². The standard InChI is InChI=1S/C18H12N2O4S/c21-14(22)9-20-16(11-5-2-1-3-6-11)19-17-15(18(20)23)12(10-25-17)13-7-4-8-24-13/h1-8,10H,9H2,(H,21,22). The first kappa shape index (κ1) is 15.3. The van der Waals surface area contributed by atoms with Gasteiger partial charge in [-0.05, 0) is 12.1 Å². The molecule has 3 heterocycles. The third kappa shape index (κ3) is 2.64. The quantitative estimate of drug-likeness (QED) is 0.608. The number of carboxylic acids is 1. The lowest BCUT2D eigenvalue weighted by molar-refractivity contribution is -0.137. The first-order chi connectivity index (χ1) is 12.1. The van der Waals surface area contributed by atoms with Gasteiger partial charge in [-0.3, -0.25) is 14.2 Å². The van der Waals surface area contributed by atoms with E-state index in [1.54, 1.807) is 29.6 Å². The SMILES string of the molecule is O=C(O)Cn1c(-c2ccccc2)nc2scc(-c3ccco3)c2c1=O. The molecule has 0 radical (unpaired) electrons. The zero-order chi connectivity index (χ0) is 17.4. The van der Waals surface area contributed by atoms with E-state index in [1.807, 2.05) is 18.2 Å². The van der Waals surface area contributed by atoms with E-state index in [1.165, 1.54) is 22.2 Å². The van der Waals surface area contributed by atoms with Crippen LogP contribution in [0.15, 0.2) is 63.3 Å². The van der Waals surface area contributed by atoms with Crippen molar-refractivity contribution < 1.29 is 14.3 Å². The number of rotatable bonds is 4. The minimum atomic E-state index is -1.10. The molecule has 0 aliphatic heterocycles. The molecule has 6 nitrogen and oxygen atoms in total. The van der Waals surface area contributed by atoms with Crippen LogP contribution in [0.25, 0.3) is 32.9 Å². The molecular formula is C18H12N2O4S. The average Bonchev–Trinajstić information content (AvgIpc) is 3.26. The number of thiophene rings is 1. The number of hydrogen-bond donors (Lipinski definition) is 1. The van der Waals surface area contributed by atoms with Gasteiger partial charge in [0.05, 0.1) is 11.6 Å². The van der Waals surface area contributed by atoms with Gasteiger partial charge in [-0.2, -0.15) is 0 Å². The number of benzene rings is 1. The van der Waals surface area contributed by atoms with E-state index >= 15 is 0 Å². The Morgan fingerprint density at radius 1 is 1.20 bits per heavy atom. The first-order valence-electron chi connectivity index (χ1n) is 7.48. The number of furan rings is 1. The fraction of sp³-hybridized carbons (Fsp3) is 0.0556. The molecule has 25 heavy (non-hydrogen) atoms. The lowest BCUT2D eigenvalue weighted by atomic mass is 10.1. The van der Waals surface area contributed by atoms with Gasteiger partial charge < -0.3 is 9.52 Å². The lowest BCUT2D eigenvalue weighted by Gasteiger charge is -2.10. The minimum absolute atomic E-state index is 0.341. The summed E-state index contributed by atoms with van der Waals surface area (Å²) in [6, 6.07) is 12.6. The molecule has 3 aromatic heterocycles.